The number of para-hydroxylation sites is 1. The molecular formula is C25H23FN2O. The van der Waals surface area contributed by atoms with Crippen LogP contribution >= 0.6 is 0 Å². The molecule has 1 aliphatic carbocycles. The average Bonchev–Trinajstić information content (AvgIpc) is 3.40. The van der Waals surface area contributed by atoms with Gasteiger partial charge in [0, 0.05) is 22.6 Å². The standard InChI is InChI=1S/C25H23FN2O/c1-2-23(29)28-22(16-7-3-4-8-16)15-20-19-9-5-6-10-21(19)27-24(20)25(28)17-11-13-18(26)14-12-17/h1,5-6,9-14,16,22,25,27H,3-4,7-8,15H2/t22?,25-/m0/s1. The molecule has 146 valence electrons. The summed E-state index contributed by atoms with van der Waals surface area (Å²) in [6.07, 6.45) is 11.0. The van der Waals surface area contributed by atoms with Crippen molar-refractivity contribution in [3.05, 3.63) is 71.2 Å². The lowest BCUT2D eigenvalue weighted by Crippen LogP contribution is -2.50. The van der Waals surface area contributed by atoms with Crippen LogP contribution in [0.4, 0.5) is 4.39 Å². The Bertz CT molecular complexity index is 1100. The second-order valence-corrected chi connectivity index (χ2v) is 8.19. The minimum absolute atomic E-state index is 0.0582. The Morgan fingerprint density at radius 1 is 1.10 bits per heavy atom. The average molecular weight is 386 g/mol. The lowest BCUT2D eigenvalue weighted by Gasteiger charge is -2.44. The molecule has 1 aromatic heterocycles. The van der Waals surface area contributed by atoms with Crippen molar-refractivity contribution >= 4 is 16.8 Å². The minimum Gasteiger partial charge on any atom is -0.356 e. The fourth-order valence-corrected chi connectivity index (χ4v) is 5.36. The third kappa shape index (κ3) is 2.93. The molecule has 1 saturated carbocycles. The Morgan fingerprint density at radius 3 is 2.55 bits per heavy atom. The van der Waals surface area contributed by atoms with E-state index < -0.39 is 0 Å². The zero-order valence-electron chi connectivity index (χ0n) is 16.2. The molecule has 0 saturated heterocycles. The first kappa shape index (κ1) is 18.0. The number of nitrogens with zero attached hydrogens (tertiary/aromatic N) is 1. The third-order valence-corrected chi connectivity index (χ3v) is 6.66. The van der Waals surface area contributed by atoms with Crippen molar-refractivity contribution in [2.45, 2.75) is 44.2 Å². The van der Waals surface area contributed by atoms with Crippen molar-refractivity contribution in [2.24, 2.45) is 5.92 Å². The molecule has 2 aromatic carbocycles. The smallest absolute Gasteiger partial charge is 0.299 e. The molecule has 2 aliphatic rings. The number of H-pyrrole nitrogens is 1. The normalized spacial score (nSPS) is 21.9. The number of benzene rings is 2. The van der Waals surface area contributed by atoms with E-state index in [9.17, 15) is 9.18 Å². The van der Waals surface area contributed by atoms with Gasteiger partial charge in [0.15, 0.2) is 0 Å². The second-order valence-electron chi connectivity index (χ2n) is 8.19. The summed E-state index contributed by atoms with van der Waals surface area (Å²) in [5.41, 5.74) is 4.19. The maximum absolute atomic E-state index is 13.6. The first-order valence-electron chi connectivity index (χ1n) is 10.3. The summed E-state index contributed by atoms with van der Waals surface area (Å²) in [7, 11) is 0. The number of hydrogen-bond acceptors (Lipinski definition) is 1. The van der Waals surface area contributed by atoms with Gasteiger partial charge >= 0.3 is 0 Å². The highest BCUT2D eigenvalue weighted by Gasteiger charge is 2.43. The predicted octanol–water partition coefficient (Wildman–Crippen LogP) is 4.97. The number of halogens is 1. The largest absolute Gasteiger partial charge is 0.356 e. The molecule has 3 aromatic rings. The summed E-state index contributed by atoms with van der Waals surface area (Å²) < 4.78 is 13.6. The summed E-state index contributed by atoms with van der Waals surface area (Å²) in [5.74, 6) is 2.23. The van der Waals surface area contributed by atoms with E-state index in [-0.39, 0.29) is 23.8 Å². The number of fused-ring (bicyclic) bond motifs is 3. The number of nitrogens with one attached hydrogen (secondary N) is 1. The summed E-state index contributed by atoms with van der Waals surface area (Å²) in [6, 6.07) is 14.4. The van der Waals surface area contributed by atoms with Gasteiger partial charge in [0.2, 0.25) is 0 Å². The van der Waals surface area contributed by atoms with Crippen molar-refractivity contribution in [3.63, 3.8) is 0 Å². The molecule has 2 heterocycles. The predicted molar refractivity (Wildman–Crippen MR) is 112 cm³/mol. The van der Waals surface area contributed by atoms with E-state index in [4.69, 9.17) is 6.42 Å². The molecule has 0 radical (unpaired) electrons. The number of terminal acetylenes is 1. The number of carbonyl (C=O) groups excluding carboxylic acids is 1. The van der Waals surface area contributed by atoms with Gasteiger partial charge in [0.1, 0.15) is 5.82 Å². The van der Waals surface area contributed by atoms with E-state index in [0.29, 0.717) is 5.92 Å². The molecule has 1 N–H and O–H groups in total. The van der Waals surface area contributed by atoms with Crippen LogP contribution in [-0.4, -0.2) is 21.8 Å². The molecule has 29 heavy (non-hydrogen) atoms. The zero-order valence-corrected chi connectivity index (χ0v) is 16.2. The molecule has 5 rings (SSSR count). The summed E-state index contributed by atoms with van der Waals surface area (Å²) in [4.78, 5) is 18.4. The molecule has 2 atom stereocenters. The number of amides is 1. The molecule has 1 aliphatic heterocycles. The van der Waals surface area contributed by atoms with Crippen LogP contribution in [0.5, 0.6) is 0 Å². The highest BCUT2D eigenvalue weighted by Crippen LogP contribution is 2.45. The van der Waals surface area contributed by atoms with Crippen LogP contribution in [0.25, 0.3) is 10.9 Å². The van der Waals surface area contributed by atoms with Gasteiger partial charge in [-0.3, -0.25) is 4.79 Å². The summed E-state index contributed by atoms with van der Waals surface area (Å²) >= 11 is 0. The Hall–Kier alpha value is -3.06. The first-order valence-corrected chi connectivity index (χ1v) is 10.3. The monoisotopic (exact) mass is 386 g/mol. The number of rotatable bonds is 2. The van der Waals surface area contributed by atoms with Crippen LogP contribution < -0.4 is 0 Å². The number of hydrogen-bond donors (Lipinski definition) is 1. The summed E-state index contributed by atoms with van der Waals surface area (Å²) in [5, 5.41) is 1.20. The minimum atomic E-state index is -0.333. The Labute approximate surface area is 169 Å². The van der Waals surface area contributed by atoms with Crippen LogP contribution in [0.1, 0.15) is 48.5 Å². The van der Waals surface area contributed by atoms with E-state index >= 15 is 0 Å². The van der Waals surface area contributed by atoms with Gasteiger partial charge in [-0.05, 0) is 60.4 Å². The van der Waals surface area contributed by atoms with Gasteiger partial charge in [-0.15, -0.1) is 6.42 Å². The van der Waals surface area contributed by atoms with Crippen molar-refractivity contribution in [3.8, 4) is 12.3 Å². The summed E-state index contributed by atoms with van der Waals surface area (Å²) in [6.45, 7) is 0. The lowest BCUT2D eigenvalue weighted by molar-refractivity contribution is -0.131. The van der Waals surface area contributed by atoms with Gasteiger partial charge in [0.05, 0.1) is 6.04 Å². The van der Waals surface area contributed by atoms with Crippen LogP contribution in [0.2, 0.25) is 0 Å². The van der Waals surface area contributed by atoms with Gasteiger partial charge in [0.25, 0.3) is 5.91 Å². The topological polar surface area (TPSA) is 36.1 Å². The highest BCUT2D eigenvalue weighted by molar-refractivity contribution is 5.95. The van der Waals surface area contributed by atoms with Crippen molar-refractivity contribution < 1.29 is 9.18 Å². The molecule has 1 amide bonds. The Morgan fingerprint density at radius 2 is 1.83 bits per heavy atom. The molecule has 3 nitrogen and oxygen atoms in total. The van der Waals surface area contributed by atoms with Gasteiger partial charge in [-0.1, -0.05) is 43.2 Å². The van der Waals surface area contributed by atoms with Gasteiger partial charge < -0.3 is 9.88 Å². The Balaban J connectivity index is 1.74. The molecule has 1 fully saturated rings. The molecule has 4 heteroatoms. The fourth-order valence-electron chi connectivity index (χ4n) is 5.36. The second kappa shape index (κ2) is 7.08. The highest BCUT2D eigenvalue weighted by atomic mass is 19.1. The molecular weight excluding hydrogens is 363 g/mol. The van der Waals surface area contributed by atoms with E-state index in [1.54, 1.807) is 12.1 Å². The maximum Gasteiger partial charge on any atom is 0.299 e. The van der Waals surface area contributed by atoms with Crippen LogP contribution in [0.15, 0.2) is 48.5 Å². The first-order chi connectivity index (χ1) is 14.2. The molecule has 0 spiro atoms. The SMILES string of the molecule is C#CC(=O)N1C(C2CCCC2)Cc2c([nH]c3ccccc23)[C@@H]1c1ccc(F)cc1. The fraction of sp³-hybridized carbons (Fsp3) is 0.320. The number of carbonyl (C=O) groups is 1. The van der Waals surface area contributed by atoms with E-state index in [2.05, 4.69) is 23.0 Å². The van der Waals surface area contributed by atoms with Gasteiger partial charge in [-0.25, -0.2) is 4.39 Å². The van der Waals surface area contributed by atoms with Crippen LogP contribution in [0.3, 0.4) is 0 Å². The number of aromatic amines is 1. The zero-order chi connectivity index (χ0) is 20.0. The van der Waals surface area contributed by atoms with Gasteiger partial charge in [-0.2, -0.15) is 0 Å². The number of aromatic nitrogens is 1. The quantitative estimate of drug-likeness (QED) is 0.620. The van der Waals surface area contributed by atoms with Crippen molar-refractivity contribution in [1.29, 1.82) is 0 Å². The van der Waals surface area contributed by atoms with Crippen LogP contribution in [-0.2, 0) is 11.2 Å². The van der Waals surface area contributed by atoms with E-state index in [0.717, 1.165) is 36.0 Å². The Kier molecular flexibility index (Phi) is 4.39. The lowest BCUT2D eigenvalue weighted by atomic mass is 9.82. The molecule has 0 bridgehead atoms. The van der Waals surface area contributed by atoms with E-state index in [1.807, 2.05) is 17.0 Å². The molecule has 1 unspecified atom stereocenters. The van der Waals surface area contributed by atoms with Crippen molar-refractivity contribution in [2.75, 3.05) is 0 Å². The van der Waals surface area contributed by atoms with E-state index in [1.165, 1.54) is 35.9 Å². The maximum atomic E-state index is 13.6. The third-order valence-electron chi connectivity index (χ3n) is 6.66. The van der Waals surface area contributed by atoms with Crippen LogP contribution in [0, 0.1) is 24.1 Å². The van der Waals surface area contributed by atoms with Crippen molar-refractivity contribution in [1.82, 2.24) is 9.88 Å².